The van der Waals surface area contributed by atoms with Crippen LogP contribution in [-0.2, 0) is 7.05 Å². The molecule has 0 aliphatic carbocycles. The highest BCUT2D eigenvalue weighted by molar-refractivity contribution is 6.68. The lowest BCUT2D eigenvalue weighted by Gasteiger charge is -1.93. The lowest BCUT2D eigenvalue weighted by molar-refractivity contribution is -0.669. The first-order valence-corrected chi connectivity index (χ1v) is 3.72. The summed E-state index contributed by atoms with van der Waals surface area (Å²) < 4.78 is 1.62. The van der Waals surface area contributed by atoms with Crippen molar-refractivity contribution in [2.75, 3.05) is 0 Å². The van der Waals surface area contributed by atoms with E-state index in [2.05, 4.69) is 0 Å². The Kier molecular flexibility index (Phi) is 2.47. The summed E-state index contributed by atoms with van der Waals surface area (Å²) in [4.78, 5) is 10.7. The molecule has 1 rings (SSSR count). The average molecular weight is 191 g/mol. The van der Waals surface area contributed by atoms with Gasteiger partial charge in [-0.25, -0.2) is 0 Å². The Hall–Kier alpha value is -0.600. The second-order valence-electron chi connectivity index (χ2n) is 2.10. The number of halogens is 2. The summed E-state index contributed by atoms with van der Waals surface area (Å²) in [6.45, 7) is 0. The molecule has 58 valence electrons. The molecule has 0 atom stereocenters. The van der Waals surface area contributed by atoms with Crippen LogP contribution in [0, 0.1) is 0 Å². The minimum atomic E-state index is -0.536. The molecule has 1 aromatic heterocycles. The minimum absolute atomic E-state index is 0.332. The third kappa shape index (κ3) is 1.70. The van der Waals surface area contributed by atoms with Gasteiger partial charge in [-0.1, -0.05) is 0 Å². The molecule has 0 saturated carbocycles. The molecule has 0 fully saturated rings. The summed E-state index contributed by atoms with van der Waals surface area (Å²) in [6.07, 6.45) is 1.74. The Balaban J connectivity index is 3.27. The largest absolute Gasteiger partial charge is 0.286 e. The maximum atomic E-state index is 10.7. The van der Waals surface area contributed by atoms with E-state index in [0.717, 1.165) is 0 Å². The van der Waals surface area contributed by atoms with Crippen molar-refractivity contribution in [2.24, 2.45) is 7.05 Å². The molecule has 1 aromatic rings. The number of aromatic nitrogens is 1. The SMILES string of the molecule is C[n+]1cccc(C(=O)Cl)c1Cl. The van der Waals surface area contributed by atoms with Crippen LogP contribution in [0.5, 0.6) is 0 Å². The Morgan fingerprint density at radius 2 is 2.27 bits per heavy atom. The predicted molar refractivity (Wildman–Crippen MR) is 42.8 cm³/mol. The maximum absolute atomic E-state index is 10.7. The fourth-order valence-corrected chi connectivity index (χ4v) is 1.15. The van der Waals surface area contributed by atoms with Crippen molar-refractivity contribution in [3.05, 3.63) is 29.0 Å². The van der Waals surface area contributed by atoms with Crippen LogP contribution in [-0.4, -0.2) is 5.24 Å². The number of hydrogen-bond acceptors (Lipinski definition) is 1. The van der Waals surface area contributed by atoms with E-state index < -0.39 is 5.24 Å². The number of rotatable bonds is 1. The van der Waals surface area contributed by atoms with E-state index >= 15 is 0 Å². The topological polar surface area (TPSA) is 20.9 Å². The van der Waals surface area contributed by atoms with E-state index in [0.29, 0.717) is 10.7 Å². The zero-order chi connectivity index (χ0) is 8.43. The van der Waals surface area contributed by atoms with Gasteiger partial charge in [-0.15, -0.1) is 0 Å². The van der Waals surface area contributed by atoms with Crippen LogP contribution in [0.15, 0.2) is 18.3 Å². The van der Waals surface area contributed by atoms with Crippen molar-refractivity contribution < 1.29 is 9.36 Å². The van der Waals surface area contributed by atoms with Gasteiger partial charge in [0.05, 0.1) is 0 Å². The zero-order valence-electron chi connectivity index (χ0n) is 5.84. The smallest absolute Gasteiger partial charge is 0.275 e. The molecule has 0 radical (unpaired) electrons. The summed E-state index contributed by atoms with van der Waals surface area (Å²) in [5.74, 6) is 0. The molecule has 2 nitrogen and oxygen atoms in total. The van der Waals surface area contributed by atoms with Crippen molar-refractivity contribution in [1.82, 2.24) is 0 Å². The molecule has 0 bridgehead atoms. The van der Waals surface area contributed by atoms with Crippen molar-refractivity contribution >= 4 is 28.4 Å². The van der Waals surface area contributed by atoms with Gasteiger partial charge in [0.2, 0.25) is 0 Å². The third-order valence-electron chi connectivity index (χ3n) is 1.32. The lowest BCUT2D eigenvalue weighted by Crippen LogP contribution is -2.30. The van der Waals surface area contributed by atoms with Gasteiger partial charge >= 0.3 is 0 Å². The van der Waals surface area contributed by atoms with Crippen LogP contribution in [0.1, 0.15) is 10.4 Å². The summed E-state index contributed by atoms with van der Waals surface area (Å²) in [7, 11) is 1.74. The van der Waals surface area contributed by atoms with Crippen LogP contribution in [0.25, 0.3) is 0 Å². The molecule has 4 heteroatoms. The molecule has 0 amide bonds. The molecule has 0 aliphatic rings. The number of carbonyl (C=O) groups excluding carboxylic acids is 1. The fraction of sp³-hybridized carbons (Fsp3) is 0.143. The quantitative estimate of drug-likeness (QED) is 0.374. The van der Waals surface area contributed by atoms with Crippen molar-refractivity contribution in [1.29, 1.82) is 0 Å². The Morgan fingerprint density at radius 1 is 1.64 bits per heavy atom. The summed E-state index contributed by atoms with van der Waals surface area (Å²) >= 11 is 11.0. The van der Waals surface area contributed by atoms with Crippen LogP contribution < -0.4 is 4.57 Å². The highest BCUT2D eigenvalue weighted by Crippen LogP contribution is 2.11. The van der Waals surface area contributed by atoms with E-state index in [1.165, 1.54) is 0 Å². The third-order valence-corrected chi connectivity index (χ3v) is 1.99. The molecule has 0 N–H and O–H groups in total. The second-order valence-corrected chi connectivity index (χ2v) is 2.80. The first-order chi connectivity index (χ1) is 5.13. The number of hydrogen-bond donors (Lipinski definition) is 0. The number of pyridine rings is 1. The number of nitrogens with zero attached hydrogens (tertiary/aromatic N) is 1. The van der Waals surface area contributed by atoms with Gasteiger partial charge < -0.3 is 0 Å². The van der Waals surface area contributed by atoms with E-state index in [1.54, 1.807) is 29.9 Å². The van der Waals surface area contributed by atoms with Gasteiger partial charge in [0.1, 0.15) is 12.6 Å². The zero-order valence-corrected chi connectivity index (χ0v) is 7.36. The van der Waals surface area contributed by atoms with Crippen molar-refractivity contribution in [3.8, 4) is 0 Å². The summed E-state index contributed by atoms with van der Waals surface area (Å²) in [5.41, 5.74) is 0.332. The van der Waals surface area contributed by atoms with Gasteiger partial charge in [0.25, 0.3) is 10.4 Å². The standard InChI is InChI=1S/C7H6Cl2NO/c1-10-4-2-3-5(6(10)8)7(9)11/h2-4H,1H3/q+1. The van der Waals surface area contributed by atoms with Crippen LogP contribution in [0.2, 0.25) is 5.15 Å². The number of carbonyl (C=O) groups is 1. The monoisotopic (exact) mass is 190 g/mol. The van der Waals surface area contributed by atoms with Gasteiger partial charge in [-0.05, 0) is 29.3 Å². The molecule has 0 spiro atoms. The highest BCUT2D eigenvalue weighted by Gasteiger charge is 2.14. The Bertz CT molecular complexity index is 298. The minimum Gasteiger partial charge on any atom is -0.275 e. The molecular weight excluding hydrogens is 185 g/mol. The van der Waals surface area contributed by atoms with Gasteiger partial charge in [0, 0.05) is 6.07 Å². The molecule has 0 unspecified atom stereocenters. The summed E-state index contributed by atoms with van der Waals surface area (Å²) in [5, 5.41) is -0.182. The van der Waals surface area contributed by atoms with E-state index in [-0.39, 0.29) is 0 Å². The van der Waals surface area contributed by atoms with Gasteiger partial charge in [-0.3, -0.25) is 4.79 Å². The lowest BCUT2D eigenvalue weighted by atomic mass is 10.3. The second kappa shape index (κ2) is 3.20. The number of aryl methyl sites for hydroxylation is 1. The van der Waals surface area contributed by atoms with E-state index in [1.807, 2.05) is 0 Å². The molecular formula is C7H6Cl2NO+. The molecule has 0 aliphatic heterocycles. The normalized spacial score (nSPS) is 9.73. The van der Waals surface area contributed by atoms with E-state index in [9.17, 15) is 4.79 Å². The molecule has 0 saturated heterocycles. The maximum Gasteiger partial charge on any atom is 0.286 e. The van der Waals surface area contributed by atoms with E-state index in [4.69, 9.17) is 23.2 Å². The Morgan fingerprint density at radius 3 is 2.73 bits per heavy atom. The van der Waals surface area contributed by atoms with Gasteiger partial charge in [0.15, 0.2) is 6.20 Å². The average Bonchev–Trinajstić information content (AvgIpc) is 1.94. The Labute approximate surface area is 74.4 Å². The van der Waals surface area contributed by atoms with Gasteiger partial charge in [-0.2, -0.15) is 4.57 Å². The van der Waals surface area contributed by atoms with Crippen molar-refractivity contribution in [3.63, 3.8) is 0 Å². The first kappa shape index (κ1) is 8.50. The first-order valence-electron chi connectivity index (χ1n) is 2.97. The predicted octanol–water partition coefficient (Wildman–Crippen LogP) is 1.54. The fourth-order valence-electron chi connectivity index (χ4n) is 0.739. The molecule has 1 heterocycles. The molecule has 0 aromatic carbocycles. The van der Waals surface area contributed by atoms with Crippen LogP contribution in [0.3, 0.4) is 0 Å². The van der Waals surface area contributed by atoms with Crippen molar-refractivity contribution in [2.45, 2.75) is 0 Å². The van der Waals surface area contributed by atoms with Crippen LogP contribution >= 0.6 is 23.2 Å². The van der Waals surface area contributed by atoms with Crippen LogP contribution in [0.4, 0.5) is 0 Å². The molecule has 11 heavy (non-hydrogen) atoms. The summed E-state index contributed by atoms with van der Waals surface area (Å²) in [6, 6.07) is 3.29. The highest BCUT2D eigenvalue weighted by atomic mass is 35.5.